The molecule has 6 nitrogen and oxygen atoms in total. The Morgan fingerprint density at radius 2 is 1.66 bits per heavy atom. The Bertz CT molecular complexity index is 1330. The van der Waals surface area contributed by atoms with Gasteiger partial charge in [0.25, 0.3) is 11.8 Å². The van der Waals surface area contributed by atoms with Crippen molar-refractivity contribution in [2.45, 2.75) is 0 Å². The molecular weight excluding hydrogens is 378 g/mol. The zero-order valence-corrected chi connectivity index (χ0v) is 15.1. The monoisotopic (exact) mass is 390 g/mol. The van der Waals surface area contributed by atoms with Crippen LogP contribution in [0.3, 0.4) is 0 Å². The van der Waals surface area contributed by atoms with E-state index in [1.807, 2.05) is 0 Å². The fraction of sp³-hybridized carbons (Fsp3) is 0.0476. The number of imide groups is 1. The summed E-state index contributed by atoms with van der Waals surface area (Å²) in [5, 5.41) is 4.81. The quantitative estimate of drug-likeness (QED) is 0.491. The average molecular weight is 390 g/mol. The van der Waals surface area contributed by atoms with E-state index in [4.69, 9.17) is 0 Å². The first-order valence-electron chi connectivity index (χ1n) is 8.72. The van der Waals surface area contributed by atoms with Crippen molar-refractivity contribution in [1.82, 2.24) is 19.7 Å². The van der Waals surface area contributed by atoms with Crippen LogP contribution < -0.4 is 0 Å². The zero-order valence-electron chi connectivity index (χ0n) is 15.1. The Kier molecular flexibility index (Phi) is 3.57. The Balaban J connectivity index is 1.91. The minimum absolute atomic E-state index is 0.142. The van der Waals surface area contributed by atoms with Crippen molar-refractivity contribution in [2.75, 3.05) is 7.05 Å². The molecule has 0 unspecified atom stereocenters. The van der Waals surface area contributed by atoms with Gasteiger partial charge in [-0.2, -0.15) is 5.10 Å². The Morgan fingerprint density at radius 1 is 0.931 bits per heavy atom. The van der Waals surface area contributed by atoms with Crippen LogP contribution in [0.1, 0.15) is 20.7 Å². The number of halogens is 2. The third-order valence-corrected chi connectivity index (χ3v) is 4.95. The molecule has 0 aliphatic carbocycles. The van der Waals surface area contributed by atoms with E-state index in [9.17, 15) is 18.4 Å². The summed E-state index contributed by atoms with van der Waals surface area (Å²) in [4.78, 5) is 30.5. The number of rotatable bonds is 2. The summed E-state index contributed by atoms with van der Waals surface area (Å²) in [6, 6.07) is 11.6. The average Bonchev–Trinajstić information content (AvgIpc) is 3.21. The van der Waals surface area contributed by atoms with Gasteiger partial charge in [0, 0.05) is 18.8 Å². The summed E-state index contributed by atoms with van der Waals surface area (Å²) in [7, 11) is 1.38. The van der Waals surface area contributed by atoms with E-state index in [-0.39, 0.29) is 22.5 Å². The molecule has 0 bridgehead atoms. The lowest BCUT2D eigenvalue weighted by Gasteiger charge is -2.04. The summed E-state index contributed by atoms with van der Waals surface area (Å²) in [6.07, 6.45) is 1.30. The second-order valence-electron chi connectivity index (χ2n) is 6.63. The molecule has 1 aliphatic heterocycles. The molecule has 0 fully saturated rings. The first-order valence-corrected chi connectivity index (χ1v) is 8.72. The number of carbonyl (C=O) groups excluding carboxylic acids is 2. The van der Waals surface area contributed by atoms with Gasteiger partial charge in [-0.1, -0.05) is 12.1 Å². The van der Waals surface area contributed by atoms with Gasteiger partial charge in [-0.15, -0.1) is 0 Å². The molecule has 1 aliphatic rings. The fourth-order valence-electron chi connectivity index (χ4n) is 3.51. The number of fused-ring (bicyclic) bond motifs is 3. The van der Waals surface area contributed by atoms with Crippen LogP contribution >= 0.6 is 0 Å². The number of benzene rings is 2. The molecule has 0 radical (unpaired) electrons. The van der Waals surface area contributed by atoms with Crippen molar-refractivity contribution in [1.29, 1.82) is 0 Å². The van der Waals surface area contributed by atoms with Crippen LogP contribution in [0.4, 0.5) is 8.78 Å². The Morgan fingerprint density at radius 3 is 2.38 bits per heavy atom. The lowest BCUT2D eigenvalue weighted by molar-refractivity contribution is 0.0693. The van der Waals surface area contributed by atoms with Crippen LogP contribution in [0.25, 0.3) is 28.0 Å². The predicted molar refractivity (Wildman–Crippen MR) is 101 cm³/mol. The number of pyridine rings is 1. The highest BCUT2D eigenvalue weighted by atomic mass is 19.1. The fourth-order valence-corrected chi connectivity index (χ4v) is 3.51. The van der Waals surface area contributed by atoms with Gasteiger partial charge in [0.2, 0.25) is 0 Å². The van der Waals surface area contributed by atoms with E-state index in [1.165, 1.54) is 54.3 Å². The molecule has 0 N–H and O–H groups in total. The SMILES string of the molecule is CN1C(=O)c2cnc3c(c(-c4ccc(F)cc4)nn3-c3ccccc3F)c2C1=O. The summed E-state index contributed by atoms with van der Waals surface area (Å²) in [5.74, 6) is -1.91. The van der Waals surface area contributed by atoms with Crippen LogP contribution in [0.2, 0.25) is 0 Å². The van der Waals surface area contributed by atoms with Gasteiger partial charge >= 0.3 is 0 Å². The van der Waals surface area contributed by atoms with Crippen LogP contribution in [-0.4, -0.2) is 38.5 Å². The van der Waals surface area contributed by atoms with Crippen LogP contribution in [-0.2, 0) is 0 Å². The van der Waals surface area contributed by atoms with Crippen LogP contribution in [0, 0.1) is 11.6 Å². The Hall–Kier alpha value is -3.94. The first kappa shape index (κ1) is 17.2. The van der Waals surface area contributed by atoms with Crippen molar-refractivity contribution in [3.63, 3.8) is 0 Å². The molecule has 2 amide bonds. The van der Waals surface area contributed by atoms with Gasteiger partial charge in [0.15, 0.2) is 5.65 Å². The van der Waals surface area contributed by atoms with E-state index < -0.39 is 23.4 Å². The van der Waals surface area contributed by atoms with Crippen molar-refractivity contribution in [3.8, 4) is 16.9 Å². The minimum Gasteiger partial charge on any atom is -0.277 e. The summed E-state index contributed by atoms with van der Waals surface area (Å²) >= 11 is 0. The number of hydrogen-bond acceptors (Lipinski definition) is 4. The lowest BCUT2D eigenvalue weighted by Crippen LogP contribution is -2.24. The smallest absolute Gasteiger partial charge is 0.262 e. The van der Waals surface area contributed by atoms with Gasteiger partial charge in [-0.05, 0) is 36.4 Å². The molecule has 29 heavy (non-hydrogen) atoms. The maximum absolute atomic E-state index is 14.5. The van der Waals surface area contributed by atoms with Gasteiger partial charge in [0.05, 0.1) is 16.5 Å². The molecule has 0 spiro atoms. The maximum atomic E-state index is 14.5. The molecule has 3 heterocycles. The first-order chi connectivity index (χ1) is 14.0. The molecule has 2 aromatic carbocycles. The molecule has 0 saturated heterocycles. The topological polar surface area (TPSA) is 68.1 Å². The third-order valence-electron chi connectivity index (χ3n) is 4.95. The highest BCUT2D eigenvalue weighted by Gasteiger charge is 2.37. The molecule has 2 aromatic heterocycles. The number of hydrogen-bond donors (Lipinski definition) is 0. The molecule has 5 rings (SSSR count). The highest BCUT2D eigenvalue weighted by molar-refractivity contribution is 6.27. The second kappa shape index (κ2) is 6.03. The zero-order chi connectivity index (χ0) is 20.3. The number of aromatic nitrogens is 3. The van der Waals surface area contributed by atoms with E-state index in [2.05, 4.69) is 10.1 Å². The highest BCUT2D eigenvalue weighted by Crippen LogP contribution is 2.36. The molecule has 0 saturated carbocycles. The largest absolute Gasteiger partial charge is 0.277 e. The number of carbonyl (C=O) groups is 2. The third kappa shape index (κ3) is 2.39. The number of amides is 2. The summed E-state index contributed by atoms with van der Waals surface area (Å²) in [5.41, 5.74) is 1.50. The molecule has 8 heteroatoms. The Labute approximate surface area is 163 Å². The maximum Gasteiger partial charge on any atom is 0.262 e. The molecule has 142 valence electrons. The second-order valence-corrected chi connectivity index (χ2v) is 6.63. The van der Waals surface area contributed by atoms with Crippen molar-refractivity contribution >= 4 is 22.8 Å². The number of nitrogens with zero attached hydrogens (tertiary/aromatic N) is 4. The standard InChI is InChI=1S/C21H12F2N4O2/c1-26-20(28)13-10-24-19-17(16(13)21(26)29)18(11-6-8-12(22)9-7-11)25-27(19)15-5-3-2-4-14(15)23/h2-10H,1H3. The number of para-hydroxylation sites is 1. The normalized spacial score (nSPS) is 13.4. The van der Waals surface area contributed by atoms with E-state index >= 15 is 0 Å². The van der Waals surface area contributed by atoms with Crippen LogP contribution in [0.5, 0.6) is 0 Å². The lowest BCUT2D eigenvalue weighted by atomic mass is 10.0. The molecular formula is C21H12F2N4O2. The van der Waals surface area contributed by atoms with Gasteiger partial charge < -0.3 is 0 Å². The van der Waals surface area contributed by atoms with E-state index in [1.54, 1.807) is 12.1 Å². The van der Waals surface area contributed by atoms with Crippen LogP contribution in [0.15, 0.2) is 54.7 Å². The van der Waals surface area contributed by atoms with Gasteiger partial charge in [0.1, 0.15) is 23.0 Å². The van der Waals surface area contributed by atoms with Crippen molar-refractivity contribution < 1.29 is 18.4 Å². The van der Waals surface area contributed by atoms with Crippen molar-refractivity contribution in [3.05, 3.63) is 77.5 Å². The van der Waals surface area contributed by atoms with E-state index in [0.29, 0.717) is 16.6 Å². The minimum atomic E-state index is -0.524. The summed E-state index contributed by atoms with van der Waals surface area (Å²) in [6.45, 7) is 0. The molecule has 0 atom stereocenters. The van der Waals surface area contributed by atoms with Gasteiger partial charge in [-0.25, -0.2) is 18.4 Å². The van der Waals surface area contributed by atoms with Gasteiger partial charge in [-0.3, -0.25) is 14.5 Å². The summed E-state index contributed by atoms with van der Waals surface area (Å²) < 4.78 is 29.2. The predicted octanol–water partition coefficient (Wildman–Crippen LogP) is 3.59. The van der Waals surface area contributed by atoms with Crippen molar-refractivity contribution in [2.24, 2.45) is 0 Å². The van der Waals surface area contributed by atoms with E-state index in [0.717, 1.165) is 4.90 Å². The molecule has 4 aromatic rings.